The normalized spacial score (nSPS) is 33.3. The van der Waals surface area contributed by atoms with Crippen molar-refractivity contribution < 1.29 is 25.0 Å². The van der Waals surface area contributed by atoms with E-state index < -0.39 is 41.9 Å². The van der Waals surface area contributed by atoms with Gasteiger partial charge in [-0.2, -0.15) is 5.26 Å². The first-order valence-electron chi connectivity index (χ1n) is 6.07. The molecule has 0 aromatic rings. The van der Waals surface area contributed by atoms with Gasteiger partial charge in [-0.25, -0.2) is 10.5 Å². The second-order valence-corrected chi connectivity index (χ2v) is 4.68. The van der Waals surface area contributed by atoms with E-state index in [4.69, 9.17) is 20.9 Å². The van der Waals surface area contributed by atoms with Crippen LogP contribution in [0, 0.1) is 22.2 Å². The van der Waals surface area contributed by atoms with E-state index >= 15 is 0 Å². The fourth-order valence-corrected chi connectivity index (χ4v) is 1.93. The van der Waals surface area contributed by atoms with Crippen molar-refractivity contribution >= 4 is 18.1 Å². The average Bonchev–Trinajstić information content (AvgIpc) is 2.77. The van der Waals surface area contributed by atoms with Gasteiger partial charge in [0.2, 0.25) is 5.96 Å². The third kappa shape index (κ3) is 3.21. The Morgan fingerprint density at radius 2 is 2.35 bits per heavy atom. The van der Waals surface area contributed by atoms with Crippen molar-refractivity contribution in [2.75, 3.05) is 6.61 Å². The summed E-state index contributed by atoms with van der Waals surface area (Å²) in [4.78, 5) is 17.3. The number of hydrogen-bond acceptors (Lipinski definition) is 9. The van der Waals surface area contributed by atoms with Gasteiger partial charge in [-0.15, -0.1) is 0 Å². The minimum Gasteiger partial charge on any atom is -0.393 e. The number of azide groups is 1. The fraction of sp³-hybridized carbons (Fsp3) is 0.600. The highest BCUT2D eigenvalue weighted by Gasteiger charge is 2.62. The lowest BCUT2D eigenvalue weighted by Crippen LogP contribution is -2.46. The zero-order valence-electron chi connectivity index (χ0n) is 11.8. The van der Waals surface area contributed by atoms with Gasteiger partial charge in [0, 0.05) is 4.91 Å². The van der Waals surface area contributed by atoms with Crippen molar-refractivity contribution in [1.29, 1.82) is 10.7 Å². The lowest BCUT2D eigenvalue weighted by molar-refractivity contribution is -0.113. The molecule has 1 aliphatic rings. The molecule has 1 saturated heterocycles. The van der Waals surface area contributed by atoms with Crippen LogP contribution >= 0.6 is 0 Å². The molecule has 6 N–H and O–H groups in total. The van der Waals surface area contributed by atoms with Crippen molar-refractivity contribution in [3.05, 3.63) is 10.4 Å². The largest absolute Gasteiger partial charge is 0.393 e. The molecule has 0 aromatic carbocycles. The number of nitrogens with zero attached hydrogens (tertiary/aromatic N) is 5. The number of aliphatic hydroxyl groups is 2. The van der Waals surface area contributed by atoms with Crippen molar-refractivity contribution in [1.82, 2.24) is 10.8 Å². The number of carbonyl (C=O) groups excluding carboxylic acids is 1. The van der Waals surface area contributed by atoms with Gasteiger partial charge in [-0.05, 0) is 12.5 Å². The Hall–Kier alpha value is -2.75. The molecule has 0 aliphatic carbocycles. The molecule has 1 heterocycles. The lowest BCUT2D eigenvalue weighted by Gasteiger charge is -2.26. The van der Waals surface area contributed by atoms with Crippen LogP contribution < -0.4 is 10.8 Å². The van der Waals surface area contributed by atoms with Crippen molar-refractivity contribution in [3.8, 4) is 6.07 Å². The van der Waals surface area contributed by atoms with E-state index in [1.54, 1.807) is 6.07 Å². The highest BCUT2D eigenvalue weighted by Crippen LogP contribution is 2.45. The van der Waals surface area contributed by atoms with Gasteiger partial charge in [0.05, 0.1) is 18.9 Å². The molecule has 0 aromatic heterocycles. The van der Waals surface area contributed by atoms with Crippen LogP contribution in [0.25, 0.3) is 10.4 Å². The summed E-state index contributed by atoms with van der Waals surface area (Å²) in [5.41, 5.74) is 6.16. The van der Waals surface area contributed by atoms with Gasteiger partial charge in [0.1, 0.15) is 11.5 Å². The van der Waals surface area contributed by atoms with Crippen molar-refractivity contribution in [3.63, 3.8) is 0 Å². The van der Waals surface area contributed by atoms with Crippen LogP contribution in [0.15, 0.2) is 10.1 Å². The van der Waals surface area contributed by atoms with E-state index in [1.165, 1.54) is 12.4 Å². The molecule has 1 aliphatic heterocycles. The zero-order valence-corrected chi connectivity index (χ0v) is 11.8. The third-order valence-electron chi connectivity index (χ3n) is 3.23. The minimum absolute atomic E-state index is 0.401. The lowest BCUT2D eigenvalue weighted by atomic mass is 9.82. The van der Waals surface area contributed by atoms with Gasteiger partial charge in [0.15, 0.2) is 12.0 Å². The van der Waals surface area contributed by atoms with E-state index in [0.717, 1.165) is 0 Å². The number of ether oxygens (including phenoxy) is 1. The topological polar surface area (TPSA) is 220 Å². The number of nitrogens with one attached hydrogen (secondary N) is 3. The van der Waals surface area contributed by atoms with Gasteiger partial charge >= 0.3 is 0 Å². The van der Waals surface area contributed by atoms with Gasteiger partial charge in [-0.3, -0.25) is 15.3 Å². The summed E-state index contributed by atoms with van der Waals surface area (Å²) in [7, 11) is 0. The van der Waals surface area contributed by atoms with Gasteiger partial charge in [-0.1, -0.05) is 5.11 Å². The van der Waals surface area contributed by atoms with Crippen LogP contribution in [0.1, 0.15) is 6.92 Å². The molecule has 124 valence electrons. The van der Waals surface area contributed by atoms with E-state index in [1.807, 2.05) is 5.32 Å². The molecule has 0 radical (unpaired) electrons. The molecule has 13 nitrogen and oxygen atoms in total. The molecular weight excluding hydrogens is 312 g/mol. The molecule has 0 bridgehead atoms. The zero-order chi connectivity index (χ0) is 17.7. The summed E-state index contributed by atoms with van der Waals surface area (Å²) in [5, 5.41) is 49.7. The van der Waals surface area contributed by atoms with E-state index in [9.17, 15) is 20.3 Å². The number of nitriles is 1. The predicted octanol–water partition coefficient (Wildman–Crippen LogP) is -1.67. The van der Waals surface area contributed by atoms with Crippen LogP contribution in [0.3, 0.4) is 0 Å². The highest BCUT2D eigenvalue weighted by atomic mass is 16.6. The Balaban J connectivity index is 3.29. The van der Waals surface area contributed by atoms with Gasteiger partial charge in [0.25, 0.3) is 5.91 Å². The third-order valence-corrected chi connectivity index (χ3v) is 3.23. The molecule has 1 rings (SSSR count). The van der Waals surface area contributed by atoms with Crippen LogP contribution in [0.2, 0.25) is 0 Å². The van der Waals surface area contributed by atoms with E-state index in [2.05, 4.69) is 15.0 Å². The number of aliphatic imine (C=N–C) groups is 1. The predicted molar refractivity (Wildman–Crippen MR) is 72.8 cm³/mol. The number of hydrogen-bond donors (Lipinski definition) is 6. The summed E-state index contributed by atoms with van der Waals surface area (Å²) < 4.78 is 5.22. The number of amides is 1. The molecule has 0 spiro atoms. The Morgan fingerprint density at radius 3 is 2.78 bits per heavy atom. The second-order valence-electron chi connectivity index (χ2n) is 4.68. The maximum Gasteiger partial charge on any atom is 0.268 e. The highest BCUT2D eigenvalue weighted by molar-refractivity contribution is 6.28. The number of aliphatic hydroxyl groups excluding tert-OH is 2. The van der Waals surface area contributed by atoms with Crippen LogP contribution in [0.4, 0.5) is 0 Å². The maximum absolute atomic E-state index is 11.1. The maximum atomic E-state index is 11.1. The standard InChI is InChI=1S/C10H14N8O5/c1-9(3-12)6(21)10(4-19,17-18-13)23-7(9)15-8(16-22)14-5(20)2-11/h2,6-7,11,19,21-22H,4H2,1H3,(H2,14,15,16,20)/t6-,7+,9+,10+/m0/s1. The van der Waals surface area contributed by atoms with Crippen LogP contribution in [-0.2, 0) is 9.53 Å². The number of rotatable bonds is 4. The monoisotopic (exact) mass is 326 g/mol. The fourth-order valence-electron chi connectivity index (χ4n) is 1.93. The number of guanidine groups is 1. The Kier molecular flexibility index (Phi) is 5.57. The minimum atomic E-state index is -2.15. The summed E-state index contributed by atoms with van der Waals surface area (Å²) in [6, 6.07) is 1.74. The molecule has 23 heavy (non-hydrogen) atoms. The van der Waals surface area contributed by atoms with Crippen molar-refractivity contribution in [2.24, 2.45) is 15.5 Å². The average molecular weight is 326 g/mol. The van der Waals surface area contributed by atoms with E-state index in [-0.39, 0.29) is 0 Å². The molecular formula is C10H14N8O5. The second kappa shape index (κ2) is 7.01. The smallest absolute Gasteiger partial charge is 0.268 e. The summed E-state index contributed by atoms with van der Waals surface area (Å²) >= 11 is 0. The first-order chi connectivity index (χ1) is 10.8. The number of hydroxylamine groups is 1. The molecule has 0 saturated carbocycles. The molecule has 0 unspecified atom stereocenters. The van der Waals surface area contributed by atoms with E-state index in [0.29, 0.717) is 6.21 Å². The summed E-state index contributed by atoms with van der Waals surface area (Å²) in [6.07, 6.45) is -2.85. The quantitative estimate of drug-likeness (QED) is 0.0879. The molecule has 1 fully saturated rings. The Labute approximate surface area is 129 Å². The SMILES string of the molecule is C[C@]1(C#N)[C@H](N=C(NO)NC(=O)C=N)O[C@@](CO)(N=[N+]=[N-])[C@H]1O. The van der Waals surface area contributed by atoms with Crippen LogP contribution in [-0.4, -0.2) is 58.2 Å². The first-order valence-corrected chi connectivity index (χ1v) is 6.07. The van der Waals surface area contributed by atoms with Crippen LogP contribution in [0.5, 0.6) is 0 Å². The summed E-state index contributed by atoms with van der Waals surface area (Å²) in [5.74, 6) is -1.52. The number of carbonyl (C=O) groups is 1. The summed E-state index contributed by atoms with van der Waals surface area (Å²) in [6.45, 7) is 0.291. The Morgan fingerprint density at radius 1 is 1.70 bits per heavy atom. The Bertz CT molecular complexity index is 611. The van der Waals surface area contributed by atoms with Crippen molar-refractivity contribution in [2.45, 2.75) is 25.0 Å². The van der Waals surface area contributed by atoms with Gasteiger partial charge < -0.3 is 20.4 Å². The molecule has 13 heteroatoms. The molecule has 1 amide bonds. The first kappa shape index (κ1) is 18.3. The molecule has 4 atom stereocenters.